The highest BCUT2D eigenvalue weighted by atomic mass is 15.3. The molecule has 0 spiro atoms. The third-order valence-corrected chi connectivity index (χ3v) is 2.36. The number of rotatable bonds is 4. The van der Waals surface area contributed by atoms with Gasteiger partial charge >= 0.3 is 0 Å². The van der Waals surface area contributed by atoms with E-state index in [1.165, 1.54) is 6.33 Å². The van der Waals surface area contributed by atoms with Gasteiger partial charge in [-0.2, -0.15) is 0 Å². The summed E-state index contributed by atoms with van der Waals surface area (Å²) >= 11 is 0. The van der Waals surface area contributed by atoms with Gasteiger partial charge in [-0.25, -0.2) is 15.8 Å². The van der Waals surface area contributed by atoms with E-state index in [9.17, 15) is 0 Å². The molecule has 0 aliphatic rings. The summed E-state index contributed by atoms with van der Waals surface area (Å²) in [5.74, 6) is 6.57. The topological polar surface area (TPSA) is 88.8 Å². The molecule has 0 aromatic carbocycles. The van der Waals surface area contributed by atoms with Gasteiger partial charge in [-0.1, -0.05) is 6.07 Å². The van der Waals surface area contributed by atoms with Crippen molar-refractivity contribution in [2.45, 2.75) is 13.0 Å². The summed E-state index contributed by atoms with van der Waals surface area (Å²) in [7, 11) is 0. The van der Waals surface area contributed by atoms with Crippen LogP contribution in [0.4, 0.5) is 11.6 Å². The summed E-state index contributed by atoms with van der Waals surface area (Å²) < 4.78 is 0. The molecule has 0 aliphatic carbocycles. The van der Waals surface area contributed by atoms with Crippen LogP contribution in [0.2, 0.25) is 0 Å². The first-order valence-electron chi connectivity index (χ1n) is 5.24. The second kappa shape index (κ2) is 5.22. The lowest BCUT2D eigenvalue weighted by Crippen LogP contribution is -2.11. The second-order valence-electron chi connectivity index (χ2n) is 3.59. The fourth-order valence-electron chi connectivity index (χ4n) is 1.45. The van der Waals surface area contributed by atoms with Crippen molar-refractivity contribution in [2.24, 2.45) is 5.84 Å². The van der Waals surface area contributed by atoms with E-state index in [2.05, 4.69) is 25.7 Å². The molecule has 2 aromatic heterocycles. The predicted octanol–water partition coefficient (Wildman–Crippen LogP) is 1.33. The molecule has 0 saturated carbocycles. The minimum Gasteiger partial charge on any atom is -0.363 e. The molecule has 6 heteroatoms. The fourth-order valence-corrected chi connectivity index (χ4v) is 1.45. The molecule has 17 heavy (non-hydrogen) atoms. The van der Waals surface area contributed by atoms with Crippen LogP contribution in [0.5, 0.6) is 0 Å². The summed E-state index contributed by atoms with van der Waals surface area (Å²) in [6, 6.07) is 5.77. The standard InChI is InChI=1S/C11H14N6/c1-8(9-3-2-4-13-6-9)16-10-5-11(17-12)15-7-14-10/h2-8H,12H2,1H3,(H2,14,15,16,17). The number of hydrogen-bond donors (Lipinski definition) is 3. The van der Waals surface area contributed by atoms with Gasteiger partial charge in [0.2, 0.25) is 0 Å². The van der Waals surface area contributed by atoms with E-state index in [1.54, 1.807) is 12.3 Å². The third kappa shape index (κ3) is 2.88. The van der Waals surface area contributed by atoms with Gasteiger partial charge in [-0.3, -0.25) is 4.98 Å². The first-order valence-corrected chi connectivity index (χ1v) is 5.24. The van der Waals surface area contributed by atoms with Gasteiger partial charge in [-0.05, 0) is 18.6 Å². The molecule has 1 atom stereocenters. The van der Waals surface area contributed by atoms with Crippen molar-refractivity contribution in [3.8, 4) is 0 Å². The van der Waals surface area contributed by atoms with Crippen molar-refractivity contribution in [1.82, 2.24) is 15.0 Å². The molecular formula is C11H14N6. The highest BCUT2D eigenvalue weighted by Gasteiger charge is 2.06. The van der Waals surface area contributed by atoms with Crippen LogP contribution in [0.3, 0.4) is 0 Å². The molecule has 4 N–H and O–H groups in total. The van der Waals surface area contributed by atoms with Crippen LogP contribution in [0.1, 0.15) is 18.5 Å². The number of hydrazine groups is 1. The Labute approximate surface area is 99.3 Å². The van der Waals surface area contributed by atoms with Crippen LogP contribution in [0.25, 0.3) is 0 Å². The Morgan fingerprint density at radius 2 is 2.12 bits per heavy atom. The number of nitrogens with one attached hydrogen (secondary N) is 2. The van der Waals surface area contributed by atoms with Crippen molar-refractivity contribution in [3.05, 3.63) is 42.5 Å². The number of anilines is 2. The van der Waals surface area contributed by atoms with Crippen molar-refractivity contribution in [3.63, 3.8) is 0 Å². The monoisotopic (exact) mass is 230 g/mol. The molecule has 0 fully saturated rings. The molecule has 2 aromatic rings. The first-order chi connectivity index (χ1) is 8.29. The van der Waals surface area contributed by atoms with Gasteiger partial charge in [0.25, 0.3) is 0 Å². The Morgan fingerprint density at radius 1 is 1.29 bits per heavy atom. The van der Waals surface area contributed by atoms with Gasteiger partial charge in [0, 0.05) is 18.5 Å². The Kier molecular flexibility index (Phi) is 3.46. The number of aromatic nitrogens is 3. The van der Waals surface area contributed by atoms with E-state index in [1.807, 2.05) is 25.3 Å². The summed E-state index contributed by atoms with van der Waals surface area (Å²) in [6.07, 6.45) is 5.02. The average molecular weight is 230 g/mol. The van der Waals surface area contributed by atoms with Crippen molar-refractivity contribution < 1.29 is 0 Å². The molecule has 0 aliphatic heterocycles. The van der Waals surface area contributed by atoms with E-state index in [0.29, 0.717) is 11.6 Å². The van der Waals surface area contributed by atoms with E-state index in [4.69, 9.17) is 5.84 Å². The van der Waals surface area contributed by atoms with Crippen LogP contribution in [-0.2, 0) is 0 Å². The molecule has 88 valence electrons. The molecule has 2 heterocycles. The van der Waals surface area contributed by atoms with Crippen molar-refractivity contribution in [2.75, 3.05) is 10.7 Å². The Hall–Kier alpha value is -2.21. The zero-order valence-corrected chi connectivity index (χ0v) is 9.46. The van der Waals surface area contributed by atoms with Crippen LogP contribution in [0.15, 0.2) is 36.9 Å². The van der Waals surface area contributed by atoms with Crippen LogP contribution in [0, 0.1) is 0 Å². The molecule has 0 amide bonds. The lowest BCUT2D eigenvalue weighted by atomic mass is 10.1. The number of nitrogen functional groups attached to an aromatic ring is 1. The SMILES string of the molecule is CC(Nc1cc(NN)ncn1)c1cccnc1. The smallest absolute Gasteiger partial charge is 0.145 e. The Balaban J connectivity index is 2.10. The summed E-state index contributed by atoms with van der Waals surface area (Å²) in [4.78, 5) is 12.1. The normalized spacial score (nSPS) is 11.9. The Morgan fingerprint density at radius 3 is 2.82 bits per heavy atom. The molecular weight excluding hydrogens is 216 g/mol. The first kappa shape index (κ1) is 11.3. The maximum Gasteiger partial charge on any atom is 0.145 e. The van der Waals surface area contributed by atoms with Crippen molar-refractivity contribution >= 4 is 11.6 Å². The highest BCUT2D eigenvalue weighted by molar-refractivity contribution is 5.46. The van der Waals surface area contributed by atoms with Gasteiger partial charge in [0.05, 0.1) is 6.04 Å². The summed E-state index contributed by atoms with van der Waals surface area (Å²) in [5, 5.41) is 3.25. The van der Waals surface area contributed by atoms with Gasteiger partial charge < -0.3 is 10.7 Å². The highest BCUT2D eigenvalue weighted by Crippen LogP contribution is 2.17. The van der Waals surface area contributed by atoms with Crippen LogP contribution in [-0.4, -0.2) is 15.0 Å². The fraction of sp³-hybridized carbons (Fsp3) is 0.182. The molecule has 1 unspecified atom stereocenters. The number of pyridine rings is 1. The van der Waals surface area contributed by atoms with Gasteiger partial charge in [0.15, 0.2) is 0 Å². The lowest BCUT2D eigenvalue weighted by molar-refractivity contribution is 0.864. The zero-order valence-electron chi connectivity index (χ0n) is 9.46. The quantitative estimate of drug-likeness (QED) is 0.542. The molecule has 2 rings (SSSR count). The second-order valence-corrected chi connectivity index (χ2v) is 3.59. The van der Waals surface area contributed by atoms with E-state index in [-0.39, 0.29) is 6.04 Å². The van der Waals surface area contributed by atoms with Gasteiger partial charge in [-0.15, -0.1) is 0 Å². The lowest BCUT2D eigenvalue weighted by Gasteiger charge is -2.14. The van der Waals surface area contributed by atoms with Crippen LogP contribution < -0.4 is 16.6 Å². The maximum atomic E-state index is 5.28. The third-order valence-electron chi connectivity index (χ3n) is 2.36. The predicted molar refractivity (Wildman–Crippen MR) is 66.1 cm³/mol. The largest absolute Gasteiger partial charge is 0.363 e. The van der Waals surface area contributed by atoms with E-state index in [0.717, 1.165) is 5.56 Å². The summed E-state index contributed by atoms with van der Waals surface area (Å²) in [6.45, 7) is 2.04. The van der Waals surface area contributed by atoms with E-state index >= 15 is 0 Å². The summed E-state index contributed by atoms with van der Waals surface area (Å²) in [5.41, 5.74) is 3.57. The Bertz CT molecular complexity index is 472. The number of hydrogen-bond acceptors (Lipinski definition) is 6. The minimum absolute atomic E-state index is 0.115. The molecule has 0 bridgehead atoms. The van der Waals surface area contributed by atoms with E-state index < -0.39 is 0 Å². The van der Waals surface area contributed by atoms with Crippen molar-refractivity contribution in [1.29, 1.82) is 0 Å². The molecule has 0 radical (unpaired) electrons. The molecule has 6 nitrogen and oxygen atoms in total. The maximum absolute atomic E-state index is 5.28. The minimum atomic E-state index is 0.115. The number of nitrogens with zero attached hydrogens (tertiary/aromatic N) is 3. The zero-order chi connectivity index (χ0) is 12.1. The molecule has 0 saturated heterocycles. The van der Waals surface area contributed by atoms with Crippen LogP contribution >= 0.6 is 0 Å². The average Bonchev–Trinajstić information content (AvgIpc) is 2.40. The number of nitrogens with two attached hydrogens (primary N) is 1. The van der Waals surface area contributed by atoms with Gasteiger partial charge in [0.1, 0.15) is 18.0 Å².